The number of nitrogens with zero attached hydrogens (tertiary/aromatic N) is 2. The molecule has 6 heteroatoms. The number of benzene rings is 1. The van der Waals surface area contributed by atoms with Crippen LogP contribution in [0.15, 0.2) is 36.5 Å². The standard InChI is InChI=1S/C27H38N4O2/c1-3-22(32)12-8-5-9-13-23(26-28-17-24(30-26)21-10-6-4-7-11-21)29-25(33)14-20-15-27(16-20)18-31(2)19-27/h4,6-7,10-11,17,20,23H,3,5,8-9,12-16,18-19H2,1-2H3,(H,28,30)(H,29,33)/t23-/m0/s1. The second kappa shape index (κ2) is 10.6. The van der Waals surface area contributed by atoms with Gasteiger partial charge in [0.15, 0.2) is 0 Å². The lowest BCUT2D eigenvalue weighted by Gasteiger charge is -2.58. The quantitative estimate of drug-likeness (QED) is 0.451. The van der Waals surface area contributed by atoms with Gasteiger partial charge in [-0.25, -0.2) is 4.98 Å². The second-order valence-corrected chi connectivity index (χ2v) is 10.3. The van der Waals surface area contributed by atoms with Crippen molar-refractivity contribution in [2.75, 3.05) is 20.1 Å². The molecule has 6 nitrogen and oxygen atoms in total. The third kappa shape index (κ3) is 6.11. The number of hydrogen-bond donors (Lipinski definition) is 2. The van der Waals surface area contributed by atoms with Gasteiger partial charge < -0.3 is 15.2 Å². The molecule has 4 rings (SSSR count). The Bertz CT molecular complexity index is 925. The summed E-state index contributed by atoms with van der Waals surface area (Å²) in [6.45, 7) is 4.29. The SMILES string of the molecule is CCC(=O)CCCCC[C@H](NC(=O)CC1CC2(C1)CN(C)C2)c1ncc(-c2ccccc2)[nH]1. The third-order valence-electron chi connectivity index (χ3n) is 7.32. The van der Waals surface area contributed by atoms with Gasteiger partial charge in [0.1, 0.15) is 11.6 Å². The van der Waals surface area contributed by atoms with E-state index in [1.165, 1.54) is 25.9 Å². The number of imidazole rings is 1. The molecule has 0 unspecified atom stereocenters. The van der Waals surface area contributed by atoms with Crippen LogP contribution >= 0.6 is 0 Å². The van der Waals surface area contributed by atoms with E-state index in [4.69, 9.17) is 0 Å². The van der Waals surface area contributed by atoms with Crippen LogP contribution in [0.4, 0.5) is 0 Å². The molecule has 1 atom stereocenters. The second-order valence-electron chi connectivity index (χ2n) is 10.3. The van der Waals surface area contributed by atoms with Gasteiger partial charge in [0, 0.05) is 32.4 Å². The molecule has 0 bridgehead atoms. The highest BCUT2D eigenvalue weighted by atomic mass is 16.1. The Labute approximate surface area is 197 Å². The van der Waals surface area contributed by atoms with Crippen molar-refractivity contribution in [2.24, 2.45) is 11.3 Å². The van der Waals surface area contributed by atoms with Crippen molar-refractivity contribution >= 4 is 11.7 Å². The van der Waals surface area contributed by atoms with Gasteiger partial charge in [-0.2, -0.15) is 0 Å². The highest BCUT2D eigenvalue weighted by molar-refractivity contribution is 5.78. The number of carbonyl (C=O) groups is 2. The first-order valence-electron chi connectivity index (χ1n) is 12.6. The largest absolute Gasteiger partial charge is 0.346 e. The summed E-state index contributed by atoms with van der Waals surface area (Å²) < 4.78 is 0. The van der Waals surface area contributed by atoms with Gasteiger partial charge in [-0.3, -0.25) is 9.59 Å². The van der Waals surface area contributed by atoms with E-state index in [1.807, 2.05) is 31.3 Å². The number of nitrogens with one attached hydrogen (secondary N) is 2. The summed E-state index contributed by atoms with van der Waals surface area (Å²) in [5.41, 5.74) is 2.55. The highest BCUT2D eigenvalue weighted by Gasteiger charge is 2.51. The van der Waals surface area contributed by atoms with E-state index in [9.17, 15) is 9.59 Å². The number of rotatable bonds is 12. The molecule has 178 valence electrons. The first kappa shape index (κ1) is 23.7. The van der Waals surface area contributed by atoms with E-state index in [2.05, 4.69) is 39.4 Å². The molecule has 33 heavy (non-hydrogen) atoms. The summed E-state index contributed by atoms with van der Waals surface area (Å²) in [6, 6.07) is 10.0. The van der Waals surface area contributed by atoms with Crippen LogP contribution in [0.2, 0.25) is 0 Å². The van der Waals surface area contributed by atoms with Gasteiger partial charge >= 0.3 is 0 Å². The first-order chi connectivity index (χ1) is 16.0. The van der Waals surface area contributed by atoms with Gasteiger partial charge in [0.2, 0.25) is 5.91 Å². The Hall–Kier alpha value is -2.47. The zero-order chi connectivity index (χ0) is 23.3. The predicted octanol–water partition coefficient (Wildman–Crippen LogP) is 4.90. The zero-order valence-electron chi connectivity index (χ0n) is 20.1. The molecular weight excluding hydrogens is 412 g/mol. The maximum Gasteiger partial charge on any atom is 0.220 e. The Morgan fingerprint density at radius 1 is 1.18 bits per heavy atom. The predicted molar refractivity (Wildman–Crippen MR) is 131 cm³/mol. The average molecular weight is 451 g/mol. The molecule has 1 saturated carbocycles. The van der Waals surface area contributed by atoms with Crippen LogP contribution in [0.25, 0.3) is 11.3 Å². The molecule has 2 aliphatic rings. The van der Waals surface area contributed by atoms with E-state index in [0.29, 0.717) is 36.4 Å². The van der Waals surface area contributed by atoms with Gasteiger partial charge in [-0.15, -0.1) is 0 Å². The summed E-state index contributed by atoms with van der Waals surface area (Å²) >= 11 is 0. The minimum absolute atomic E-state index is 0.124. The number of amides is 1. The normalized spacial score (nSPS) is 18.5. The first-order valence-corrected chi connectivity index (χ1v) is 12.6. The van der Waals surface area contributed by atoms with E-state index in [0.717, 1.165) is 42.8 Å². The summed E-state index contributed by atoms with van der Waals surface area (Å²) in [5.74, 6) is 1.79. The number of likely N-dealkylation sites (tertiary alicyclic amines) is 1. The lowest BCUT2D eigenvalue weighted by molar-refractivity contribution is -0.129. The molecule has 1 aromatic carbocycles. The van der Waals surface area contributed by atoms with Crippen LogP contribution < -0.4 is 5.32 Å². The van der Waals surface area contributed by atoms with Crippen molar-refractivity contribution in [2.45, 2.75) is 70.8 Å². The summed E-state index contributed by atoms with van der Waals surface area (Å²) in [5, 5.41) is 3.27. The van der Waals surface area contributed by atoms with Crippen molar-refractivity contribution in [1.29, 1.82) is 0 Å². The van der Waals surface area contributed by atoms with E-state index in [1.54, 1.807) is 0 Å². The number of H-pyrrole nitrogens is 1. The fourth-order valence-corrected chi connectivity index (χ4v) is 5.76. The molecular formula is C27H38N4O2. The van der Waals surface area contributed by atoms with Gasteiger partial charge in [0.25, 0.3) is 0 Å². The lowest BCUT2D eigenvalue weighted by atomic mass is 9.57. The number of hydrogen-bond acceptors (Lipinski definition) is 4. The number of ketones is 1. The van der Waals surface area contributed by atoms with E-state index in [-0.39, 0.29) is 11.9 Å². The maximum atomic E-state index is 12.9. The maximum absolute atomic E-state index is 12.9. The molecule has 1 aromatic heterocycles. The van der Waals surface area contributed by atoms with Crippen LogP contribution in [-0.4, -0.2) is 46.7 Å². The number of aromatic amines is 1. The minimum atomic E-state index is -0.124. The van der Waals surface area contributed by atoms with Crippen LogP contribution in [-0.2, 0) is 9.59 Å². The molecule has 1 aliphatic heterocycles. The van der Waals surface area contributed by atoms with Crippen molar-refractivity contribution in [3.05, 3.63) is 42.4 Å². The van der Waals surface area contributed by atoms with Crippen molar-refractivity contribution < 1.29 is 9.59 Å². The van der Waals surface area contributed by atoms with Crippen molar-refractivity contribution in [1.82, 2.24) is 20.2 Å². The molecule has 1 saturated heterocycles. The molecule has 2 heterocycles. The third-order valence-corrected chi connectivity index (χ3v) is 7.32. The van der Waals surface area contributed by atoms with Crippen LogP contribution in [0, 0.1) is 11.3 Å². The van der Waals surface area contributed by atoms with Crippen molar-refractivity contribution in [3.8, 4) is 11.3 Å². The number of aromatic nitrogens is 2. The van der Waals surface area contributed by atoms with E-state index >= 15 is 0 Å². The minimum Gasteiger partial charge on any atom is -0.346 e. The molecule has 0 radical (unpaired) electrons. The fourth-order valence-electron chi connectivity index (χ4n) is 5.76. The molecule has 1 spiro atoms. The summed E-state index contributed by atoms with van der Waals surface area (Å²) in [4.78, 5) is 34.9. The monoisotopic (exact) mass is 450 g/mol. The Kier molecular flexibility index (Phi) is 7.63. The van der Waals surface area contributed by atoms with E-state index < -0.39 is 0 Å². The Morgan fingerprint density at radius 2 is 1.94 bits per heavy atom. The lowest BCUT2D eigenvalue weighted by Crippen LogP contribution is -2.61. The van der Waals surface area contributed by atoms with Crippen LogP contribution in [0.5, 0.6) is 0 Å². The molecule has 1 amide bonds. The van der Waals surface area contributed by atoms with Crippen LogP contribution in [0.3, 0.4) is 0 Å². The van der Waals surface area contributed by atoms with Gasteiger partial charge in [-0.1, -0.05) is 50.1 Å². The number of Topliss-reactive ketones (excluding diaryl/α,β-unsaturated/α-hetero) is 1. The molecule has 1 aliphatic carbocycles. The molecule has 2 fully saturated rings. The average Bonchev–Trinajstić information content (AvgIpc) is 3.26. The Morgan fingerprint density at radius 3 is 2.64 bits per heavy atom. The molecule has 2 aromatic rings. The van der Waals surface area contributed by atoms with Crippen molar-refractivity contribution in [3.63, 3.8) is 0 Å². The van der Waals surface area contributed by atoms with Crippen LogP contribution in [0.1, 0.15) is 76.6 Å². The molecule has 2 N–H and O–H groups in total. The fraction of sp³-hybridized carbons (Fsp3) is 0.593. The highest BCUT2D eigenvalue weighted by Crippen LogP contribution is 2.52. The Balaban J connectivity index is 1.32. The number of carbonyl (C=O) groups excluding carboxylic acids is 2. The van der Waals surface area contributed by atoms with Gasteiger partial charge in [-0.05, 0) is 49.6 Å². The zero-order valence-corrected chi connectivity index (χ0v) is 20.1. The van der Waals surface area contributed by atoms with Gasteiger partial charge in [0.05, 0.1) is 17.9 Å². The summed E-state index contributed by atoms with van der Waals surface area (Å²) in [7, 11) is 2.17. The number of unbranched alkanes of at least 4 members (excludes halogenated alkanes) is 2. The topological polar surface area (TPSA) is 78.1 Å². The smallest absolute Gasteiger partial charge is 0.220 e. The summed E-state index contributed by atoms with van der Waals surface area (Å²) in [6.07, 6.45) is 9.79.